The first-order valence-electron chi connectivity index (χ1n) is 8.61. The van der Waals surface area contributed by atoms with Crippen LogP contribution >= 0.6 is 23.4 Å². The molecule has 1 aromatic rings. The molecule has 1 atom stereocenters. The number of benzene rings is 1. The second-order valence-corrected chi connectivity index (χ2v) is 9.03. The van der Waals surface area contributed by atoms with Crippen LogP contribution in [0.5, 0.6) is 0 Å². The number of amides is 1. The van der Waals surface area contributed by atoms with Crippen molar-refractivity contribution in [2.45, 2.75) is 58.1 Å². The molecule has 7 heteroatoms. The first kappa shape index (κ1) is 22.8. The number of halogens is 2. The van der Waals surface area contributed by atoms with Gasteiger partial charge in [-0.2, -0.15) is 0 Å². The van der Waals surface area contributed by atoms with Gasteiger partial charge >= 0.3 is 5.97 Å². The maximum atomic E-state index is 14.2. The van der Waals surface area contributed by atoms with Crippen molar-refractivity contribution >= 4 is 40.9 Å². The largest absolute Gasteiger partial charge is 0.465 e. The first-order chi connectivity index (χ1) is 12.0. The molecule has 0 radical (unpaired) electrons. The molecule has 146 valence electrons. The summed E-state index contributed by atoms with van der Waals surface area (Å²) in [6.45, 7) is 11.4. The Morgan fingerprint density at radius 3 is 2.46 bits per heavy atom. The zero-order chi connectivity index (χ0) is 20.1. The lowest BCUT2D eigenvalue weighted by molar-refractivity contribution is -0.143. The Bertz CT molecular complexity index is 664. The minimum absolute atomic E-state index is 0.0474. The number of hydrogen-bond donors (Lipinski definition) is 1. The van der Waals surface area contributed by atoms with Gasteiger partial charge in [-0.3, -0.25) is 9.59 Å². The lowest BCUT2D eigenvalue weighted by atomic mass is 9.89. The van der Waals surface area contributed by atoms with Crippen LogP contribution in [0, 0.1) is 17.2 Å². The average molecular weight is 404 g/mol. The Labute approximate surface area is 164 Å². The fourth-order valence-electron chi connectivity index (χ4n) is 1.77. The molecular formula is C19H27ClFNO3S. The topological polar surface area (TPSA) is 55.4 Å². The third-order valence-electron chi connectivity index (χ3n) is 3.96. The number of esters is 1. The molecule has 0 saturated carbocycles. The van der Waals surface area contributed by atoms with E-state index in [0.29, 0.717) is 17.9 Å². The van der Waals surface area contributed by atoms with E-state index in [9.17, 15) is 14.0 Å². The molecule has 1 amide bonds. The molecule has 0 aliphatic carbocycles. The number of carbonyl (C=O) groups is 2. The highest BCUT2D eigenvalue weighted by Crippen LogP contribution is 2.35. The number of nitrogens with one attached hydrogen (secondary N) is 1. The van der Waals surface area contributed by atoms with E-state index in [1.54, 1.807) is 20.8 Å². The van der Waals surface area contributed by atoms with Crippen LogP contribution in [0.25, 0.3) is 0 Å². The highest BCUT2D eigenvalue weighted by atomic mass is 35.5. The predicted octanol–water partition coefficient (Wildman–Crippen LogP) is 5.53. The molecule has 0 bridgehead atoms. The summed E-state index contributed by atoms with van der Waals surface area (Å²) >= 11 is 7.27. The molecule has 4 nitrogen and oxygen atoms in total. The number of hydrogen-bond acceptors (Lipinski definition) is 4. The number of rotatable bonds is 8. The van der Waals surface area contributed by atoms with Gasteiger partial charge in [0.1, 0.15) is 11.1 Å². The van der Waals surface area contributed by atoms with Crippen molar-refractivity contribution in [1.82, 2.24) is 0 Å². The van der Waals surface area contributed by atoms with Gasteiger partial charge in [0.25, 0.3) is 0 Å². The Morgan fingerprint density at radius 2 is 1.92 bits per heavy atom. The maximum absolute atomic E-state index is 14.2. The third-order valence-corrected chi connectivity index (χ3v) is 5.53. The maximum Gasteiger partial charge on any atom is 0.319 e. The van der Waals surface area contributed by atoms with Crippen LogP contribution in [-0.4, -0.2) is 23.7 Å². The van der Waals surface area contributed by atoms with Gasteiger partial charge in [-0.15, -0.1) is 11.8 Å². The van der Waals surface area contributed by atoms with Gasteiger partial charge in [0.2, 0.25) is 5.91 Å². The fourth-order valence-corrected chi connectivity index (χ4v) is 2.96. The van der Waals surface area contributed by atoms with Gasteiger partial charge in [-0.05, 0) is 31.4 Å². The van der Waals surface area contributed by atoms with E-state index in [4.69, 9.17) is 16.3 Å². The standard InChI is InChI=1S/C19H27ClFNO3S/c1-7-19(5,6)18(24)22-15-9-16(13(20)8-14(15)21)26-12(4)17(23)25-10-11(2)3/h8-9,11-12H,7,10H2,1-6H3,(H,22,24). The number of carbonyl (C=O) groups excluding carboxylic acids is 2. The van der Waals surface area contributed by atoms with E-state index in [2.05, 4.69) is 5.32 Å². The van der Waals surface area contributed by atoms with Gasteiger partial charge in [0.15, 0.2) is 0 Å². The zero-order valence-electron chi connectivity index (χ0n) is 16.1. The van der Waals surface area contributed by atoms with Gasteiger partial charge in [-0.1, -0.05) is 46.2 Å². The highest BCUT2D eigenvalue weighted by Gasteiger charge is 2.27. The van der Waals surface area contributed by atoms with E-state index in [1.165, 1.54) is 17.8 Å². The third kappa shape index (κ3) is 6.47. The fraction of sp³-hybridized carbons (Fsp3) is 0.579. The highest BCUT2D eigenvalue weighted by molar-refractivity contribution is 8.00. The van der Waals surface area contributed by atoms with Crippen LogP contribution in [0.1, 0.15) is 48.0 Å². The minimum atomic E-state index is -0.618. The van der Waals surface area contributed by atoms with Gasteiger partial charge in [0, 0.05) is 10.3 Å². The minimum Gasteiger partial charge on any atom is -0.465 e. The molecule has 1 N–H and O–H groups in total. The number of ether oxygens (including phenoxy) is 1. The monoisotopic (exact) mass is 403 g/mol. The van der Waals surface area contributed by atoms with E-state index in [-0.39, 0.29) is 28.5 Å². The van der Waals surface area contributed by atoms with Crippen molar-refractivity contribution in [2.75, 3.05) is 11.9 Å². The Morgan fingerprint density at radius 1 is 1.31 bits per heavy atom. The molecule has 1 rings (SSSR count). The van der Waals surface area contributed by atoms with Crippen molar-refractivity contribution < 1.29 is 18.7 Å². The molecule has 0 fully saturated rings. The molecular weight excluding hydrogens is 377 g/mol. The number of anilines is 1. The smallest absolute Gasteiger partial charge is 0.319 e. The van der Waals surface area contributed by atoms with E-state index < -0.39 is 16.5 Å². The molecule has 1 unspecified atom stereocenters. The van der Waals surface area contributed by atoms with E-state index in [0.717, 1.165) is 6.07 Å². The van der Waals surface area contributed by atoms with Crippen molar-refractivity contribution in [1.29, 1.82) is 0 Å². The van der Waals surface area contributed by atoms with Crippen LogP contribution in [0.4, 0.5) is 10.1 Å². The Kier molecular flexibility index (Phi) is 8.41. The van der Waals surface area contributed by atoms with Crippen LogP contribution in [0.3, 0.4) is 0 Å². The lowest BCUT2D eigenvalue weighted by Crippen LogP contribution is -2.30. The first-order valence-corrected chi connectivity index (χ1v) is 9.87. The van der Waals surface area contributed by atoms with Gasteiger partial charge < -0.3 is 10.1 Å². The van der Waals surface area contributed by atoms with Crippen LogP contribution in [0.15, 0.2) is 17.0 Å². The zero-order valence-corrected chi connectivity index (χ0v) is 17.7. The molecule has 26 heavy (non-hydrogen) atoms. The molecule has 0 saturated heterocycles. The van der Waals surface area contributed by atoms with E-state index in [1.807, 2.05) is 20.8 Å². The van der Waals surface area contributed by atoms with Crippen molar-refractivity contribution in [2.24, 2.45) is 11.3 Å². The summed E-state index contributed by atoms with van der Waals surface area (Å²) in [5.41, 5.74) is -0.570. The summed E-state index contributed by atoms with van der Waals surface area (Å²) in [5, 5.41) is 2.29. The Balaban J connectivity index is 2.93. The lowest BCUT2D eigenvalue weighted by Gasteiger charge is -2.22. The molecule has 0 aromatic heterocycles. The molecule has 0 spiro atoms. The van der Waals surface area contributed by atoms with Crippen molar-refractivity contribution in [3.8, 4) is 0 Å². The number of thioether (sulfide) groups is 1. The van der Waals surface area contributed by atoms with Crippen molar-refractivity contribution in [3.63, 3.8) is 0 Å². The summed E-state index contributed by atoms with van der Waals surface area (Å²) in [6.07, 6.45) is 0.619. The summed E-state index contributed by atoms with van der Waals surface area (Å²) in [6, 6.07) is 2.60. The average Bonchev–Trinajstić information content (AvgIpc) is 2.56. The summed E-state index contributed by atoms with van der Waals surface area (Å²) in [5.74, 6) is -1.01. The Hall–Kier alpha value is -1.27. The van der Waals surface area contributed by atoms with Crippen LogP contribution < -0.4 is 5.32 Å². The SMILES string of the molecule is CCC(C)(C)C(=O)Nc1cc(SC(C)C(=O)OCC(C)C)c(Cl)cc1F. The quantitative estimate of drug-likeness (QED) is 0.457. The van der Waals surface area contributed by atoms with Crippen LogP contribution in [-0.2, 0) is 14.3 Å². The summed E-state index contributed by atoms with van der Waals surface area (Å²) in [7, 11) is 0. The molecule has 1 aromatic carbocycles. The van der Waals surface area contributed by atoms with E-state index >= 15 is 0 Å². The predicted molar refractivity (Wildman–Crippen MR) is 105 cm³/mol. The van der Waals surface area contributed by atoms with Gasteiger partial charge in [0.05, 0.1) is 17.3 Å². The normalized spacial score (nSPS) is 12.8. The van der Waals surface area contributed by atoms with Crippen molar-refractivity contribution in [3.05, 3.63) is 23.0 Å². The second-order valence-electron chi connectivity index (χ2n) is 7.24. The summed E-state index contributed by atoms with van der Waals surface area (Å²) in [4.78, 5) is 24.8. The molecule has 0 aliphatic heterocycles. The summed E-state index contributed by atoms with van der Waals surface area (Å²) < 4.78 is 19.4. The second kappa shape index (κ2) is 9.60. The van der Waals surface area contributed by atoms with Crippen LogP contribution in [0.2, 0.25) is 5.02 Å². The molecule has 0 aliphatic rings. The van der Waals surface area contributed by atoms with Gasteiger partial charge in [-0.25, -0.2) is 4.39 Å². The molecule has 0 heterocycles.